The van der Waals surface area contributed by atoms with Crippen LogP contribution >= 0.6 is 0 Å². The van der Waals surface area contributed by atoms with Crippen molar-refractivity contribution in [3.8, 4) is 5.75 Å². The van der Waals surface area contributed by atoms with Crippen molar-refractivity contribution in [3.05, 3.63) is 95.2 Å². The van der Waals surface area contributed by atoms with Gasteiger partial charge in [0.05, 0.1) is 17.5 Å². The molecule has 2 fully saturated rings. The number of rotatable bonds is 8. The van der Waals surface area contributed by atoms with E-state index in [0.29, 0.717) is 29.8 Å². The largest absolute Gasteiger partial charge is 0.480 e. The third-order valence-corrected chi connectivity index (χ3v) is 8.87. The van der Waals surface area contributed by atoms with E-state index in [1.165, 1.54) is 11.8 Å². The number of carbonyl (C=O) groups excluding carboxylic acids is 3. The Kier molecular flexibility index (Phi) is 7.14. The van der Waals surface area contributed by atoms with E-state index >= 15 is 0 Å². The number of aromatic amines is 1. The highest BCUT2D eigenvalue weighted by atomic mass is 16.5. The molecular weight excluding hydrogens is 546 g/mol. The Balaban J connectivity index is 1.51. The smallest absolute Gasteiger partial charge is 0.325 e. The lowest BCUT2D eigenvalue weighted by Crippen LogP contribution is -2.57. The number of fused-ring (bicyclic) bond motifs is 2. The third kappa shape index (κ3) is 4.51. The van der Waals surface area contributed by atoms with Crippen molar-refractivity contribution in [2.75, 3.05) is 4.90 Å². The van der Waals surface area contributed by atoms with E-state index in [9.17, 15) is 24.3 Å². The zero-order valence-corrected chi connectivity index (χ0v) is 24.2. The highest BCUT2D eigenvalue weighted by molar-refractivity contribution is 6.25. The number of hydrogen-bond acceptors (Lipinski definition) is 6. The van der Waals surface area contributed by atoms with E-state index in [0.717, 1.165) is 27.6 Å². The zero-order valence-electron chi connectivity index (χ0n) is 24.2. The molecule has 3 aromatic carbocycles. The minimum absolute atomic E-state index is 0.0154. The number of carbonyl (C=O) groups is 4. The van der Waals surface area contributed by atoms with Crippen LogP contribution in [0, 0.1) is 11.8 Å². The summed E-state index contributed by atoms with van der Waals surface area (Å²) < 4.78 is 5.19. The van der Waals surface area contributed by atoms with Crippen molar-refractivity contribution < 1.29 is 29.0 Å². The fourth-order valence-electron chi connectivity index (χ4n) is 6.93. The van der Waals surface area contributed by atoms with Crippen molar-refractivity contribution in [3.63, 3.8) is 0 Å². The zero-order chi connectivity index (χ0) is 30.5. The third-order valence-electron chi connectivity index (χ3n) is 8.87. The molecule has 0 saturated carbocycles. The normalized spacial score (nSPS) is 23.1. The van der Waals surface area contributed by atoms with Crippen molar-refractivity contribution in [2.45, 2.75) is 51.6 Å². The SMILES string of the molecule is CCc1cccc(CC)c1N1C(=O)C2C(c3ccc(OC(C)=O)cc3)NC(Cc3c[nH]c4ccccc34)(C(=O)O)C2C1=O. The number of ether oxygens (including phenoxy) is 1. The molecule has 0 aliphatic carbocycles. The number of hydrogen-bond donors (Lipinski definition) is 3. The summed E-state index contributed by atoms with van der Waals surface area (Å²) in [6, 6.07) is 19.2. The second-order valence-corrected chi connectivity index (χ2v) is 11.2. The van der Waals surface area contributed by atoms with Gasteiger partial charge in [0.25, 0.3) is 0 Å². The van der Waals surface area contributed by atoms with Crippen molar-refractivity contribution in [1.29, 1.82) is 0 Å². The van der Waals surface area contributed by atoms with Gasteiger partial charge in [0.15, 0.2) is 0 Å². The second-order valence-electron chi connectivity index (χ2n) is 11.2. The van der Waals surface area contributed by atoms with Gasteiger partial charge in [-0.25, -0.2) is 4.90 Å². The molecule has 9 nitrogen and oxygen atoms in total. The number of esters is 1. The molecule has 3 N–H and O–H groups in total. The number of H-pyrrole nitrogens is 1. The van der Waals surface area contributed by atoms with Crippen LogP contribution in [0.25, 0.3) is 10.9 Å². The quantitative estimate of drug-likeness (QED) is 0.156. The molecule has 4 aromatic rings. The van der Waals surface area contributed by atoms with Crippen LogP contribution in [0.1, 0.15) is 49.1 Å². The van der Waals surface area contributed by atoms with Crippen molar-refractivity contribution >= 4 is 40.3 Å². The molecule has 2 aliphatic rings. The highest BCUT2D eigenvalue weighted by Crippen LogP contribution is 2.52. The number of aliphatic carboxylic acids is 1. The van der Waals surface area contributed by atoms with Crippen LogP contribution in [0.4, 0.5) is 5.69 Å². The fourth-order valence-corrected chi connectivity index (χ4v) is 6.93. The monoisotopic (exact) mass is 579 g/mol. The van der Waals surface area contributed by atoms with Gasteiger partial charge in [-0.15, -0.1) is 0 Å². The number of carboxylic acids is 1. The summed E-state index contributed by atoms with van der Waals surface area (Å²) in [5, 5.41) is 15.1. The van der Waals surface area contributed by atoms with E-state index in [1.807, 2.05) is 56.3 Å². The Morgan fingerprint density at radius 1 is 0.907 bits per heavy atom. The number of aromatic nitrogens is 1. The number of aryl methyl sites for hydroxylation is 2. The summed E-state index contributed by atoms with van der Waals surface area (Å²) in [4.78, 5) is 58.3. The molecule has 9 heteroatoms. The molecule has 2 amide bonds. The highest BCUT2D eigenvalue weighted by Gasteiger charge is 2.69. The number of imide groups is 1. The predicted octanol–water partition coefficient (Wildman–Crippen LogP) is 4.73. The Bertz CT molecular complexity index is 1740. The first kappa shape index (κ1) is 28.4. The average molecular weight is 580 g/mol. The minimum atomic E-state index is -1.77. The first-order valence-corrected chi connectivity index (χ1v) is 14.5. The molecule has 0 bridgehead atoms. The molecule has 2 saturated heterocycles. The number of benzene rings is 3. The Hall–Kier alpha value is -4.76. The van der Waals surface area contributed by atoms with Crippen molar-refractivity contribution in [1.82, 2.24) is 10.3 Å². The number of anilines is 1. The minimum Gasteiger partial charge on any atom is -0.480 e. The standard InChI is InChI=1S/C34H33N3O6/c1-4-20-9-8-10-21(5-2)30(20)37-31(39)27-28(32(37)40)34(33(41)42,17-23-18-35-26-12-7-6-11-25(23)26)36-29(27)22-13-15-24(16-14-22)43-19(3)38/h6-16,18,27-29,35-36H,4-5,17H2,1-3H3,(H,41,42). The van der Waals surface area contributed by atoms with E-state index in [1.54, 1.807) is 30.5 Å². The topological polar surface area (TPSA) is 129 Å². The molecule has 220 valence electrons. The van der Waals surface area contributed by atoms with Gasteiger partial charge < -0.3 is 14.8 Å². The average Bonchev–Trinajstić information content (AvgIpc) is 3.64. The van der Waals surface area contributed by atoms with Crippen molar-refractivity contribution in [2.24, 2.45) is 11.8 Å². The first-order valence-electron chi connectivity index (χ1n) is 14.5. The van der Waals surface area contributed by atoms with E-state index in [2.05, 4.69) is 10.3 Å². The summed E-state index contributed by atoms with van der Waals surface area (Å²) in [6.45, 7) is 5.24. The van der Waals surface area contributed by atoms with Crippen LogP contribution in [0.15, 0.2) is 72.9 Å². The van der Waals surface area contributed by atoms with Gasteiger partial charge in [0, 0.05) is 36.5 Å². The fraction of sp³-hybridized carbons (Fsp3) is 0.294. The molecule has 2 aliphatic heterocycles. The lowest BCUT2D eigenvalue weighted by Gasteiger charge is -2.32. The van der Waals surface area contributed by atoms with Gasteiger partial charge >= 0.3 is 11.9 Å². The predicted molar refractivity (Wildman–Crippen MR) is 161 cm³/mol. The van der Waals surface area contributed by atoms with Crippen LogP contribution in [-0.4, -0.2) is 39.4 Å². The maximum Gasteiger partial charge on any atom is 0.325 e. The number of para-hydroxylation sites is 2. The van der Waals surface area contributed by atoms with Crippen LogP contribution in [-0.2, 0) is 38.4 Å². The second kappa shape index (κ2) is 10.8. The van der Waals surface area contributed by atoms with Gasteiger partial charge in [0.1, 0.15) is 11.3 Å². The molecule has 6 rings (SSSR count). The number of nitrogens with one attached hydrogen (secondary N) is 2. The first-order chi connectivity index (χ1) is 20.7. The molecule has 0 spiro atoms. The van der Waals surface area contributed by atoms with Crippen LogP contribution in [0.5, 0.6) is 5.75 Å². The van der Waals surface area contributed by atoms with Gasteiger partial charge in [-0.2, -0.15) is 0 Å². The summed E-state index contributed by atoms with van der Waals surface area (Å²) >= 11 is 0. The summed E-state index contributed by atoms with van der Waals surface area (Å²) in [6.07, 6.45) is 2.97. The molecule has 4 atom stereocenters. The maximum atomic E-state index is 14.5. The van der Waals surface area contributed by atoms with Gasteiger partial charge in [-0.3, -0.25) is 24.5 Å². The molecule has 4 unspecified atom stereocenters. The van der Waals surface area contributed by atoms with Gasteiger partial charge in [-0.05, 0) is 53.3 Å². The van der Waals surface area contributed by atoms with Crippen LogP contribution in [0.2, 0.25) is 0 Å². The van der Waals surface area contributed by atoms with Crippen LogP contribution in [0.3, 0.4) is 0 Å². The summed E-state index contributed by atoms with van der Waals surface area (Å²) in [7, 11) is 0. The lowest BCUT2D eigenvalue weighted by atomic mass is 9.76. The maximum absolute atomic E-state index is 14.5. The molecule has 1 aromatic heterocycles. The van der Waals surface area contributed by atoms with Gasteiger partial charge in [0.2, 0.25) is 11.8 Å². The summed E-state index contributed by atoms with van der Waals surface area (Å²) in [5.74, 6) is -4.41. The van der Waals surface area contributed by atoms with Gasteiger partial charge in [-0.1, -0.05) is 62.4 Å². The van der Waals surface area contributed by atoms with E-state index in [-0.39, 0.29) is 6.42 Å². The van der Waals surface area contributed by atoms with Crippen LogP contribution < -0.4 is 15.0 Å². The summed E-state index contributed by atoms with van der Waals surface area (Å²) in [5.41, 5.74) is 2.71. The molecule has 3 heterocycles. The Morgan fingerprint density at radius 2 is 1.58 bits per heavy atom. The molecule has 0 radical (unpaired) electrons. The molecule has 43 heavy (non-hydrogen) atoms. The van der Waals surface area contributed by atoms with E-state index in [4.69, 9.17) is 4.74 Å². The lowest BCUT2D eigenvalue weighted by molar-refractivity contribution is -0.148. The molecular formula is C34H33N3O6. The van der Waals surface area contributed by atoms with E-state index < -0.39 is 47.2 Å². The number of nitrogens with zero attached hydrogens (tertiary/aromatic N) is 1. The Morgan fingerprint density at radius 3 is 2.21 bits per heavy atom. The number of amides is 2. The Labute approximate surface area is 248 Å². The number of carboxylic acid groups (broad SMARTS) is 1.